The minimum Gasteiger partial charge on any atom is -0.387 e. The third-order valence-corrected chi connectivity index (χ3v) is 7.00. The Hall–Kier alpha value is -5.09. The summed E-state index contributed by atoms with van der Waals surface area (Å²) in [7, 11) is 0. The van der Waals surface area contributed by atoms with Crippen LogP contribution in [0.1, 0.15) is 5.69 Å². The van der Waals surface area contributed by atoms with Crippen LogP contribution in [-0.4, -0.2) is 21.5 Å². The fourth-order valence-electron chi connectivity index (χ4n) is 5.29. The highest BCUT2D eigenvalue weighted by Gasteiger charge is 2.18. The van der Waals surface area contributed by atoms with E-state index < -0.39 is 0 Å². The highest BCUT2D eigenvalue weighted by Crippen LogP contribution is 2.43. The number of dihydropyridines is 1. The number of pyridine rings is 3. The number of allylic oxidation sites excluding steroid dienone is 2. The number of benzene rings is 3. The van der Waals surface area contributed by atoms with Crippen LogP contribution in [0.4, 0.5) is 0 Å². The van der Waals surface area contributed by atoms with Gasteiger partial charge in [0.15, 0.2) is 0 Å². The maximum absolute atomic E-state index is 5.14. The highest BCUT2D eigenvalue weighted by atomic mass is 14.8. The molecular weight excluding hydrogens is 464 g/mol. The molecule has 3 aromatic heterocycles. The molecular formula is C34H24N4. The van der Waals surface area contributed by atoms with Crippen LogP contribution in [0.5, 0.6) is 0 Å². The van der Waals surface area contributed by atoms with E-state index in [1.165, 1.54) is 27.1 Å². The van der Waals surface area contributed by atoms with Crippen molar-refractivity contribution in [3.05, 3.63) is 134 Å². The van der Waals surface area contributed by atoms with E-state index in [2.05, 4.69) is 101 Å². The molecule has 0 saturated heterocycles. The number of nitrogens with one attached hydrogen (secondary N) is 1. The first-order chi connectivity index (χ1) is 18.9. The SMILES string of the molecule is C1=CC(c2cccc(-c3c4ccccc4c(-c4ccc(-c5ccccn5)nc4)c4ccccc34)n2)=CNC1. The molecule has 0 unspecified atom stereocenters. The topological polar surface area (TPSA) is 50.7 Å². The first-order valence-corrected chi connectivity index (χ1v) is 12.8. The van der Waals surface area contributed by atoms with E-state index in [4.69, 9.17) is 9.97 Å². The average molecular weight is 489 g/mol. The largest absolute Gasteiger partial charge is 0.387 e. The zero-order valence-corrected chi connectivity index (χ0v) is 20.7. The van der Waals surface area contributed by atoms with Crippen molar-refractivity contribution in [1.82, 2.24) is 20.3 Å². The Labute approximate surface area is 221 Å². The summed E-state index contributed by atoms with van der Waals surface area (Å²) in [5.74, 6) is 0. The number of rotatable bonds is 4. The third-order valence-electron chi connectivity index (χ3n) is 7.00. The number of hydrogen-bond donors (Lipinski definition) is 1. The van der Waals surface area contributed by atoms with Gasteiger partial charge in [0.05, 0.1) is 22.8 Å². The molecule has 0 bridgehead atoms. The van der Waals surface area contributed by atoms with Gasteiger partial charge in [-0.15, -0.1) is 0 Å². The molecule has 38 heavy (non-hydrogen) atoms. The van der Waals surface area contributed by atoms with E-state index in [-0.39, 0.29) is 0 Å². The molecule has 4 heteroatoms. The predicted molar refractivity (Wildman–Crippen MR) is 156 cm³/mol. The molecule has 0 amide bonds. The van der Waals surface area contributed by atoms with E-state index in [1.54, 1.807) is 6.20 Å². The van der Waals surface area contributed by atoms with E-state index in [9.17, 15) is 0 Å². The van der Waals surface area contributed by atoms with Crippen molar-refractivity contribution >= 4 is 27.1 Å². The molecule has 0 atom stereocenters. The highest BCUT2D eigenvalue weighted by molar-refractivity contribution is 6.21. The van der Waals surface area contributed by atoms with Gasteiger partial charge in [-0.2, -0.15) is 0 Å². The number of nitrogens with zero attached hydrogens (tertiary/aromatic N) is 3. The van der Waals surface area contributed by atoms with Crippen LogP contribution in [0.25, 0.3) is 60.9 Å². The van der Waals surface area contributed by atoms with Crippen LogP contribution < -0.4 is 5.32 Å². The standard InChI is InChI=1S/C34H24N4/c1-3-12-27-25(10-1)33(24-17-18-31(37-22-24)30-14-5-6-20-36-30)26-11-2-4-13-28(26)34(27)32-16-7-15-29(38-32)23-9-8-19-35-21-23/h1-18,20-22,35H,19H2. The molecule has 0 saturated carbocycles. The number of aromatic nitrogens is 3. The summed E-state index contributed by atoms with van der Waals surface area (Å²) in [6.45, 7) is 0.845. The van der Waals surface area contributed by atoms with Crippen molar-refractivity contribution < 1.29 is 0 Å². The van der Waals surface area contributed by atoms with E-state index in [0.29, 0.717) is 0 Å². The van der Waals surface area contributed by atoms with Gasteiger partial charge in [-0.05, 0) is 57.4 Å². The van der Waals surface area contributed by atoms with Gasteiger partial charge < -0.3 is 5.32 Å². The lowest BCUT2D eigenvalue weighted by Gasteiger charge is -2.18. The molecule has 1 N–H and O–H groups in total. The van der Waals surface area contributed by atoms with Crippen molar-refractivity contribution in [2.24, 2.45) is 0 Å². The van der Waals surface area contributed by atoms with Crippen LogP contribution in [0.3, 0.4) is 0 Å². The van der Waals surface area contributed by atoms with Crippen molar-refractivity contribution in [2.75, 3.05) is 6.54 Å². The molecule has 1 aliphatic rings. The Bertz CT molecular complexity index is 1800. The molecule has 0 spiro atoms. The number of fused-ring (bicyclic) bond motifs is 2. The second kappa shape index (κ2) is 9.41. The van der Waals surface area contributed by atoms with Gasteiger partial charge in [0.2, 0.25) is 0 Å². The number of hydrogen-bond acceptors (Lipinski definition) is 4. The molecule has 3 aromatic carbocycles. The van der Waals surface area contributed by atoms with Crippen molar-refractivity contribution in [3.8, 4) is 33.8 Å². The minimum atomic E-state index is 0.845. The van der Waals surface area contributed by atoms with E-state index in [0.717, 1.165) is 46.0 Å². The van der Waals surface area contributed by atoms with Crippen LogP contribution in [0, 0.1) is 0 Å². The van der Waals surface area contributed by atoms with E-state index in [1.807, 2.05) is 30.6 Å². The summed E-state index contributed by atoms with van der Waals surface area (Å²) in [4.78, 5) is 14.4. The quantitative estimate of drug-likeness (QED) is 0.259. The monoisotopic (exact) mass is 488 g/mol. The molecule has 4 nitrogen and oxygen atoms in total. The van der Waals surface area contributed by atoms with Gasteiger partial charge >= 0.3 is 0 Å². The maximum Gasteiger partial charge on any atom is 0.0886 e. The van der Waals surface area contributed by atoms with Gasteiger partial charge in [-0.25, -0.2) is 4.98 Å². The minimum absolute atomic E-state index is 0.845. The summed E-state index contributed by atoms with van der Waals surface area (Å²) in [5.41, 5.74) is 8.14. The lowest BCUT2D eigenvalue weighted by molar-refractivity contribution is 0.974. The fraction of sp³-hybridized carbons (Fsp3) is 0.0294. The first kappa shape index (κ1) is 22.1. The molecule has 1 aliphatic heterocycles. The lowest BCUT2D eigenvalue weighted by Crippen LogP contribution is -2.09. The fourth-order valence-corrected chi connectivity index (χ4v) is 5.29. The predicted octanol–water partition coefficient (Wildman–Crippen LogP) is 7.68. The molecule has 0 aliphatic carbocycles. The third kappa shape index (κ3) is 3.84. The van der Waals surface area contributed by atoms with Crippen LogP contribution in [0.15, 0.2) is 128 Å². The van der Waals surface area contributed by atoms with Crippen LogP contribution in [0.2, 0.25) is 0 Å². The Morgan fingerprint density at radius 2 is 1.21 bits per heavy atom. The van der Waals surface area contributed by atoms with Gasteiger partial charge in [-0.1, -0.05) is 78.9 Å². The van der Waals surface area contributed by atoms with Crippen LogP contribution in [-0.2, 0) is 0 Å². The summed E-state index contributed by atoms with van der Waals surface area (Å²) >= 11 is 0. The molecule has 180 valence electrons. The van der Waals surface area contributed by atoms with Crippen LogP contribution >= 0.6 is 0 Å². The summed E-state index contributed by atoms with van der Waals surface area (Å²) in [6, 6.07) is 33.6. The average Bonchev–Trinajstić information content (AvgIpc) is 3.01. The smallest absolute Gasteiger partial charge is 0.0886 e. The Morgan fingerprint density at radius 1 is 0.553 bits per heavy atom. The van der Waals surface area contributed by atoms with Gasteiger partial charge in [-0.3, -0.25) is 9.97 Å². The normalized spacial score (nSPS) is 12.9. The van der Waals surface area contributed by atoms with Crippen molar-refractivity contribution in [1.29, 1.82) is 0 Å². The molecule has 0 fully saturated rings. The lowest BCUT2D eigenvalue weighted by atomic mass is 9.87. The Kier molecular flexibility index (Phi) is 5.48. The van der Waals surface area contributed by atoms with Gasteiger partial charge in [0.1, 0.15) is 0 Å². The zero-order valence-electron chi connectivity index (χ0n) is 20.7. The first-order valence-electron chi connectivity index (χ1n) is 12.8. The maximum atomic E-state index is 5.14. The summed E-state index contributed by atoms with van der Waals surface area (Å²) < 4.78 is 0. The van der Waals surface area contributed by atoms with Gasteiger partial charge in [0.25, 0.3) is 0 Å². The second-order valence-electron chi connectivity index (χ2n) is 9.31. The molecule has 0 radical (unpaired) electrons. The summed E-state index contributed by atoms with van der Waals surface area (Å²) in [5, 5.41) is 8.00. The molecule has 7 rings (SSSR count). The molecule has 6 aromatic rings. The van der Waals surface area contributed by atoms with Crippen molar-refractivity contribution in [2.45, 2.75) is 0 Å². The summed E-state index contributed by atoms with van der Waals surface area (Å²) in [6.07, 6.45) is 10.0. The zero-order chi connectivity index (χ0) is 25.3. The van der Waals surface area contributed by atoms with Gasteiger partial charge in [0, 0.05) is 41.8 Å². The van der Waals surface area contributed by atoms with Crippen molar-refractivity contribution in [3.63, 3.8) is 0 Å². The Balaban J connectivity index is 1.46. The Morgan fingerprint density at radius 3 is 1.84 bits per heavy atom. The molecule has 4 heterocycles. The second-order valence-corrected chi connectivity index (χ2v) is 9.31. The van der Waals surface area contributed by atoms with E-state index >= 15 is 0 Å².